The summed E-state index contributed by atoms with van der Waals surface area (Å²) < 4.78 is 0. The van der Waals surface area contributed by atoms with E-state index in [4.69, 9.17) is 0 Å². The summed E-state index contributed by atoms with van der Waals surface area (Å²) in [4.78, 5) is 23.2. The van der Waals surface area contributed by atoms with E-state index in [1.807, 2.05) is 44.2 Å². The van der Waals surface area contributed by atoms with E-state index in [0.717, 1.165) is 24.3 Å². The third-order valence-electron chi connectivity index (χ3n) is 3.62. The molecule has 1 amide bonds. The molecule has 0 aliphatic heterocycles. The number of nitrogens with one attached hydrogen (secondary N) is 1. The first-order chi connectivity index (χ1) is 10.7. The molecule has 1 heterocycles. The van der Waals surface area contributed by atoms with Gasteiger partial charge in [0.25, 0.3) is 5.91 Å². The number of anilines is 2. The average Bonchev–Trinajstić information content (AvgIpc) is 3.32. The Morgan fingerprint density at radius 2 is 2.00 bits per heavy atom. The van der Waals surface area contributed by atoms with Gasteiger partial charge in [0.1, 0.15) is 17.3 Å². The SMILES string of the molecule is CCN(C(=O)c1cc(NC2CC2)nc(C)n1)c1ccccc1. The number of aromatic nitrogens is 2. The van der Waals surface area contributed by atoms with Crippen LogP contribution in [0.25, 0.3) is 0 Å². The van der Waals surface area contributed by atoms with Crippen molar-refractivity contribution in [1.29, 1.82) is 0 Å². The fourth-order valence-corrected chi connectivity index (χ4v) is 2.38. The first-order valence-electron chi connectivity index (χ1n) is 7.66. The normalized spacial score (nSPS) is 13.7. The number of aryl methyl sites for hydroxylation is 1. The van der Waals surface area contributed by atoms with Crippen LogP contribution < -0.4 is 10.2 Å². The van der Waals surface area contributed by atoms with Gasteiger partial charge in [-0.05, 0) is 38.8 Å². The Morgan fingerprint density at radius 3 is 2.64 bits per heavy atom. The molecule has 0 unspecified atom stereocenters. The van der Waals surface area contributed by atoms with Crippen molar-refractivity contribution in [3.05, 3.63) is 47.9 Å². The fourth-order valence-electron chi connectivity index (χ4n) is 2.38. The monoisotopic (exact) mass is 296 g/mol. The van der Waals surface area contributed by atoms with Gasteiger partial charge in [-0.25, -0.2) is 9.97 Å². The molecule has 1 fully saturated rings. The molecule has 1 aromatic heterocycles. The van der Waals surface area contributed by atoms with E-state index >= 15 is 0 Å². The Morgan fingerprint density at radius 1 is 1.27 bits per heavy atom. The van der Waals surface area contributed by atoms with Crippen molar-refractivity contribution < 1.29 is 4.79 Å². The summed E-state index contributed by atoms with van der Waals surface area (Å²) in [6, 6.07) is 11.9. The fraction of sp³-hybridized carbons (Fsp3) is 0.353. The Hall–Kier alpha value is -2.43. The Labute approximate surface area is 130 Å². The van der Waals surface area contributed by atoms with E-state index in [-0.39, 0.29) is 5.91 Å². The van der Waals surface area contributed by atoms with Crippen LogP contribution in [0.15, 0.2) is 36.4 Å². The molecule has 0 bridgehead atoms. The van der Waals surface area contributed by atoms with Crippen LogP contribution >= 0.6 is 0 Å². The minimum atomic E-state index is -0.0990. The number of carbonyl (C=O) groups excluding carboxylic acids is 1. The molecule has 1 aliphatic rings. The topological polar surface area (TPSA) is 58.1 Å². The lowest BCUT2D eigenvalue weighted by molar-refractivity contribution is 0.0983. The number of benzene rings is 1. The van der Waals surface area contributed by atoms with Crippen LogP contribution in [-0.2, 0) is 0 Å². The lowest BCUT2D eigenvalue weighted by Gasteiger charge is -2.21. The summed E-state index contributed by atoms with van der Waals surface area (Å²) in [5, 5.41) is 3.33. The largest absolute Gasteiger partial charge is 0.367 e. The maximum absolute atomic E-state index is 12.8. The first-order valence-corrected chi connectivity index (χ1v) is 7.66. The highest BCUT2D eigenvalue weighted by Crippen LogP contribution is 2.24. The number of hydrogen-bond donors (Lipinski definition) is 1. The van der Waals surface area contributed by atoms with Crippen LogP contribution in [0.5, 0.6) is 0 Å². The lowest BCUT2D eigenvalue weighted by atomic mass is 10.2. The number of carbonyl (C=O) groups is 1. The highest BCUT2D eigenvalue weighted by molar-refractivity contribution is 6.05. The quantitative estimate of drug-likeness (QED) is 0.921. The molecule has 1 aliphatic carbocycles. The molecule has 1 N–H and O–H groups in total. The van der Waals surface area contributed by atoms with Gasteiger partial charge < -0.3 is 10.2 Å². The summed E-state index contributed by atoms with van der Waals surface area (Å²) in [5.41, 5.74) is 1.31. The van der Waals surface area contributed by atoms with Crippen LogP contribution in [-0.4, -0.2) is 28.5 Å². The van der Waals surface area contributed by atoms with Gasteiger partial charge in [-0.2, -0.15) is 0 Å². The van der Waals surface area contributed by atoms with E-state index < -0.39 is 0 Å². The molecule has 5 nitrogen and oxygen atoms in total. The molecule has 114 valence electrons. The van der Waals surface area contributed by atoms with Gasteiger partial charge in [-0.15, -0.1) is 0 Å². The Balaban J connectivity index is 1.88. The molecular formula is C17H20N4O. The van der Waals surface area contributed by atoms with Gasteiger partial charge in [0.2, 0.25) is 0 Å². The van der Waals surface area contributed by atoms with Crippen LogP contribution in [0, 0.1) is 6.92 Å². The van der Waals surface area contributed by atoms with Crippen molar-refractivity contribution in [3.63, 3.8) is 0 Å². The van der Waals surface area contributed by atoms with E-state index in [0.29, 0.717) is 24.1 Å². The zero-order valence-corrected chi connectivity index (χ0v) is 12.9. The zero-order chi connectivity index (χ0) is 15.5. The highest BCUT2D eigenvalue weighted by Gasteiger charge is 2.23. The molecule has 2 aromatic rings. The van der Waals surface area contributed by atoms with Crippen molar-refractivity contribution in [2.24, 2.45) is 0 Å². The maximum Gasteiger partial charge on any atom is 0.277 e. The van der Waals surface area contributed by atoms with Gasteiger partial charge >= 0.3 is 0 Å². The molecule has 22 heavy (non-hydrogen) atoms. The Kier molecular flexibility index (Phi) is 4.04. The molecule has 0 atom stereocenters. The summed E-state index contributed by atoms with van der Waals surface area (Å²) in [7, 11) is 0. The second-order valence-electron chi connectivity index (χ2n) is 5.49. The molecule has 1 aromatic carbocycles. The van der Waals surface area contributed by atoms with Crippen molar-refractivity contribution in [2.45, 2.75) is 32.7 Å². The van der Waals surface area contributed by atoms with Crippen molar-refractivity contribution in [3.8, 4) is 0 Å². The van der Waals surface area contributed by atoms with Crippen LogP contribution in [0.4, 0.5) is 11.5 Å². The van der Waals surface area contributed by atoms with Gasteiger partial charge in [-0.1, -0.05) is 18.2 Å². The smallest absolute Gasteiger partial charge is 0.277 e. The predicted molar refractivity (Wildman–Crippen MR) is 87.2 cm³/mol. The summed E-state index contributed by atoms with van der Waals surface area (Å²) in [6.07, 6.45) is 2.33. The molecular weight excluding hydrogens is 276 g/mol. The molecule has 0 radical (unpaired) electrons. The summed E-state index contributed by atoms with van der Waals surface area (Å²) >= 11 is 0. The number of nitrogens with zero attached hydrogens (tertiary/aromatic N) is 3. The van der Waals surface area contributed by atoms with E-state index in [1.54, 1.807) is 11.0 Å². The molecule has 1 saturated carbocycles. The minimum Gasteiger partial charge on any atom is -0.367 e. The number of rotatable bonds is 5. The minimum absolute atomic E-state index is 0.0990. The van der Waals surface area contributed by atoms with Gasteiger partial charge in [0.15, 0.2) is 0 Å². The first kappa shape index (κ1) is 14.5. The molecule has 5 heteroatoms. The maximum atomic E-state index is 12.8. The number of para-hydroxylation sites is 1. The van der Waals surface area contributed by atoms with E-state index in [9.17, 15) is 4.79 Å². The number of hydrogen-bond acceptors (Lipinski definition) is 4. The zero-order valence-electron chi connectivity index (χ0n) is 12.9. The predicted octanol–water partition coefficient (Wildman–Crippen LogP) is 3.03. The van der Waals surface area contributed by atoms with Gasteiger partial charge in [0, 0.05) is 24.3 Å². The average molecular weight is 296 g/mol. The second kappa shape index (κ2) is 6.13. The van der Waals surface area contributed by atoms with Crippen LogP contribution in [0.1, 0.15) is 36.1 Å². The van der Waals surface area contributed by atoms with Gasteiger partial charge in [0.05, 0.1) is 0 Å². The summed E-state index contributed by atoms with van der Waals surface area (Å²) in [5.74, 6) is 1.25. The van der Waals surface area contributed by atoms with Crippen molar-refractivity contribution >= 4 is 17.4 Å². The standard InChI is InChI=1S/C17H20N4O/c1-3-21(14-7-5-4-6-8-14)17(22)15-11-16(19-12(2)18-15)20-13-9-10-13/h4-8,11,13H,3,9-10H2,1-2H3,(H,18,19,20). The number of amides is 1. The molecule has 0 saturated heterocycles. The third-order valence-corrected chi connectivity index (χ3v) is 3.62. The van der Waals surface area contributed by atoms with Crippen LogP contribution in [0.3, 0.4) is 0 Å². The van der Waals surface area contributed by atoms with E-state index in [1.165, 1.54) is 0 Å². The van der Waals surface area contributed by atoms with E-state index in [2.05, 4.69) is 15.3 Å². The second-order valence-corrected chi connectivity index (χ2v) is 5.49. The third kappa shape index (κ3) is 3.24. The summed E-state index contributed by atoms with van der Waals surface area (Å²) in [6.45, 7) is 4.37. The van der Waals surface area contributed by atoms with Crippen LogP contribution in [0.2, 0.25) is 0 Å². The Bertz CT molecular complexity index is 668. The molecule has 3 rings (SSSR count). The van der Waals surface area contributed by atoms with Gasteiger partial charge in [-0.3, -0.25) is 4.79 Å². The highest BCUT2D eigenvalue weighted by atomic mass is 16.2. The van der Waals surface area contributed by atoms with Crippen molar-refractivity contribution in [2.75, 3.05) is 16.8 Å². The molecule has 0 spiro atoms. The van der Waals surface area contributed by atoms with Crippen molar-refractivity contribution in [1.82, 2.24) is 9.97 Å². The lowest BCUT2D eigenvalue weighted by Crippen LogP contribution is -2.31.